The lowest BCUT2D eigenvalue weighted by atomic mass is 10.1. The molecule has 23 heavy (non-hydrogen) atoms. The highest BCUT2D eigenvalue weighted by Crippen LogP contribution is 2.15. The molecule has 1 N–H and O–H groups in total. The average molecular weight is 330 g/mol. The molecule has 0 saturated heterocycles. The van der Waals surface area contributed by atoms with Crippen LogP contribution in [0.5, 0.6) is 0 Å². The molecule has 3 aromatic rings. The van der Waals surface area contributed by atoms with Crippen LogP contribution in [-0.2, 0) is 22.9 Å². The summed E-state index contributed by atoms with van der Waals surface area (Å²) in [5.74, 6) is 0. The van der Waals surface area contributed by atoms with Gasteiger partial charge in [0.15, 0.2) is 12.0 Å². The summed E-state index contributed by atoms with van der Waals surface area (Å²) in [4.78, 5) is 4.39. The van der Waals surface area contributed by atoms with Crippen LogP contribution in [0.2, 0.25) is 0 Å². The Hall–Kier alpha value is -2.18. The van der Waals surface area contributed by atoms with E-state index >= 15 is 0 Å². The molecule has 0 radical (unpaired) electrons. The fourth-order valence-electron chi connectivity index (χ4n) is 2.38. The molecule has 0 aliphatic heterocycles. The molecule has 0 amide bonds. The molecule has 0 fully saturated rings. The second kappa shape index (κ2) is 6.52. The van der Waals surface area contributed by atoms with E-state index in [1.54, 1.807) is 12.1 Å². The number of aryl methyl sites for hydroxylation is 1. The van der Waals surface area contributed by atoms with Crippen molar-refractivity contribution in [1.29, 1.82) is 0 Å². The molecule has 0 bridgehead atoms. The Kier molecular flexibility index (Phi) is 4.45. The molecule has 120 valence electrons. The van der Waals surface area contributed by atoms with Crippen LogP contribution in [0.4, 0.5) is 0 Å². The smallest absolute Gasteiger partial charge is 0.240 e. The minimum Gasteiger partial charge on any atom is -0.443 e. The van der Waals surface area contributed by atoms with Gasteiger partial charge in [-0.2, -0.15) is 0 Å². The molecular weight excluding hydrogens is 312 g/mol. The third kappa shape index (κ3) is 3.60. The number of hydrogen-bond acceptors (Lipinski definition) is 4. The zero-order chi connectivity index (χ0) is 16.3. The number of nitrogens with zero attached hydrogens (tertiary/aromatic N) is 1. The van der Waals surface area contributed by atoms with Crippen LogP contribution < -0.4 is 4.72 Å². The van der Waals surface area contributed by atoms with Crippen molar-refractivity contribution in [1.82, 2.24) is 9.71 Å². The number of hydrogen-bond donors (Lipinski definition) is 1. The van der Waals surface area contributed by atoms with E-state index in [0.717, 1.165) is 28.6 Å². The van der Waals surface area contributed by atoms with E-state index in [4.69, 9.17) is 4.42 Å². The number of sulfonamides is 1. The van der Waals surface area contributed by atoms with Crippen LogP contribution in [0.1, 0.15) is 18.1 Å². The molecule has 0 saturated carbocycles. The summed E-state index contributed by atoms with van der Waals surface area (Å²) in [6.45, 7) is 2.37. The van der Waals surface area contributed by atoms with Crippen LogP contribution in [0.25, 0.3) is 11.1 Å². The number of rotatable bonds is 6. The normalized spacial score (nSPS) is 11.9. The third-order valence-electron chi connectivity index (χ3n) is 3.74. The first-order valence-corrected chi connectivity index (χ1v) is 8.97. The van der Waals surface area contributed by atoms with Gasteiger partial charge >= 0.3 is 0 Å². The molecule has 0 unspecified atom stereocenters. The van der Waals surface area contributed by atoms with Crippen molar-refractivity contribution in [3.05, 3.63) is 60.0 Å². The van der Waals surface area contributed by atoms with Gasteiger partial charge in [0.1, 0.15) is 5.52 Å². The van der Waals surface area contributed by atoms with E-state index in [1.165, 1.54) is 6.39 Å². The highest BCUT2D eigenvalue weighted by atomic mass is 32.2. The lowest BCUT2D eigenvalue weighted by Gasteiger charge is -2.07. The monoisotopic (exact) mass is 330 g/mol. The Bertz CT molecular complexity index is 899. The lowest BCUT2D eigenvalue weighted by molar-refractivity contribution is 0.581. The van der Waals surface area contributed by atoms with Crippen LogP contribution in [0.3, 0.4) is 0 Å². The van der Waals surface area contributed by atoms with Crippen molar-refractivity contribution >= 4 is 21.1 Å². The molecule has 0 aliphatic carbocycles. The number of oxazole rings is 1. The fraction of sp³-hybridized carbons (Fsp3) is 0.235. The highest BCUT2D eigenvalue weighted by molar-refractivity contribution is 7.89. The van der Waals surface area contributed by atoms with Crippen LogP contribution >= 0.6 is 0 Å². The average Bonchev–Trinajstić information content (AvgIpc) is 3.02. The quantitative estimate of drug-likeness (QED) is 0.754. The molecule has 1 aromatic heterocycles. The molecular formula is C17H18N2O3S. The number of fused-ring (bicyclic) bond motifs is 1. The molecule has 1 heterocycles. The van der Waals surface area contributed by atoms with Crippen molar-refractivity contribution in [3.8, 4) is 0 Å². The number of nitrogens with one attached hydrogen (secondary N) is 1. The maximum Gasteiger partial charge on any atom is 0.240 e. The summed E-state index contributed by atoms with van der Waals surface area (Å²) in [5, 5.41) is 0. The van der Waals surface area contributed by atoms with E-state index in [0.29, 0.717) is 17.9 Å². The van der Waals surface area contributed by atoms with Gasteiger partial charge in [-0.1, -0.05) is 25.1 Å². The maximum absolute atomic E-state index is 12.3. The predicted molar refractivity (Wildman–Crippen MR) is 88.7 cm³/mol. The Morgan fingerprint density at radius 1 is 1.09 bits per heavy atom. The van der Waals surface area contributed by atoms with Gasteiger partial charge in [0.25, 0.3) is 0 Å². The van der Waals surface area contributed by atoms with E-state index in [9.17, 15) is 8.42 Å². The number of benzene rings is 2. The Balaban J connectivity index is 1.64. The molecule has 0 spiro atoms. The minimum absolute atomic E-state index is 0.293. The van der Waals surface area contributed by atoms with E-state index < -0.39 is 10.0 Å². The van der Waals surface area contributed by atoms with Gasteiger partial charge in [0, 0.05) is 6.54 Å². The van der Waals surface area contributed by atoms with Gasteiger partial charge in [0.2, 0.25) is 10.0 Å². The van der Waals surface area contributed by atoms with Gasteiger partial charge < -0.3 is 4.42 Å². The maximum atomic E-state index is 12.3. The predicted octanol–water partition coefficient (Wildman–Crippen LogP) is 2.91. The Labute approximate surface area is 135 Å². The molecule has 6 heteroatoms. The largest absolute Gasteiger partial charge is 0.443 e. The first-order chi connectivity index (χ1) is 11.1. The van der Waals surface area contributed by atoms with Crippen molar-refractivity contribution in [2.75, 3.05) is 6.54 Å². The van der Waals surface area contributed by atoms with E-state index in [1.807, 2.05) is 37.3 Å². The fourth-order valence-corrected chi connectivity index (χ4v) is 3.41. The van der Waals surface area contributed by atoms with Crippen LogP contribution in [-0.4, -0.2) is 19.9 Å². The van der Waals surface area contributed by atoms with Gasteiger partial charge in [-0.05, 0) is 48.2 Å². The summed E-state index contributed by atoms with van der Waals surface area (Å²) in [6.07, 6.45) is 2.88. The van der Waals surface area contributed by atoms with Crippen molar-refractivity contribution < 1.29 is 12.8 Å². The molecule has 2 aromatic carbocycles. The molecule has 0 atom stereocenters. The number of aromatic nitrogens is 1. The Morgan fingerprint density at radius 3 is 2.57 bits per heavy atom. The summed E-state index contributed by atoms with van der Waals surface area (Å²) >= 11 is 0. The topological polar surface area (TPSA) is 72.2 Å². The summed E-state index contributed by atoms with van der Waals surface area (Å²) in [7, 11) is -3.47. The van der Waals surface area contributed by atoms with Crippen LogP contribution in [0, 0.1) is 0 Å². The molecule has 5 nitrogen and oxygen atoms in total. The van der Waals surface area contributed by atoms with Crippen molar-refractivity contribution in [2.24, 2.45) is 0 Å². The van der Waals surface area contributed by atoms with Gasteiger partial charge in [-0.15, -0.1) is 0 Å². The zero-order valence-electron chi connectivity index (χ0n) is 12.8. The van der Waals surface area contributed by atoms with Gasteiger partial charge in [0.05, 0.1) is 4.90 Å². The standard InChI is InChI=1S/C17H18N2O3S/c1-2-13-3-6-15(7-4-13)23(20,21)19-10-9-14-5-8-17-16(11-14)18-12-22-17/h3-8,11-12,19H,2,9-10H2,1H3. The summed E-state index contributed by atoms with van der Waals surface area (Å²) < 4.78 is 32.3. The van der Waals surface area contributed by atoms with E-state index in [2.05, 4.69) is 9.71 Å². The molecule has 0 aliphatic rings. The van der Waals surface area contributed by atoms with Crippen molar-refractivity contribution in [3.63, 3.8) is 0 Å². The minimum atomic E-state index is -3.47. The summed E-state index contributed by atoms with van der Waals surface area (Å²) in [5.41, 5.74) is 3.63. The van der Waals surface area contributed by atoms with E-state index in [-0.39, 0.29) is 0 Å². The van der Waals surface area contributed by atoms with Gasteiger partial charge in [-0.25, -0.2) is 18.1 Å². The first kappa shape index (κ1) is 15.7. The highest BCUT2D eigenvalue weighted by Gasteiger charge is 2.13. The SMILES string of the molecule is CCc1ccc(S(=O)(=O)NCCc2ccc3ocnc3c2)cc1. The van der Waals surface area contributed by atoms with Crippen LogP contribution in [0.15, 0.2) is 58.2 Å². The molecule has 3 rings (SSSR count). The zero-order valence-corrected chi connectivity index (χ0v) is 13.6. The second-order valence-electron chi connectivity index (χ2n) is 5.30. The Morgan fingerprint density at radius 2 is 1.83 bits per heavy atom. The van der Waals surface area contributed by atoms with Gasteiger partial charge in [-0.3, -0.25) is 0 Å². The second-order valence-corrected chi connectivity index (χ2v) is 7.07. The third-order valence-corrected chi connectivity index (χ3v) is 5.22. The summed E-state index contributed by atoms with van der Waals surface area (Å²) in [6, 6.07) is 12.6. The first-order valence-electron chi connectivity index (χ1n) is 7.49. The lowest BCUT2D eigenvalue weighted by Crippen LogP contribution is -2.26. The van der Waals surface area contributed by atoms with Crippen molar-refractivity contribution in [2.45, 2.75) is 24.7 Å².